The number of aryl methyl sites for hydroxylation is 2. The van der Waals surface area contributed by atoms with Crippen LogP contribution in [0.4, 0.5) is 54.0 Å². The fourth-order valence-electron chi connectivity index (χ4n) is 1.67. The molecule has 1 atom stereocenters. The Morgan fingerprint density at radius 3 is 1.71 bits per heavy atom. The first-order valence-electron chi connectivity index (χ1n) is 6.93. The molecule has 0 radical (unpaired) electrons. The van der Waals surface area contributed by atoms with Gasteiger partial charge < -0.3 is 5.32 Å². The number of halogens is 11. The highest BCUT2D eigenvalue weighted by atomic mass is 19.4. The van der Waals surface area contributed by atoms with Crippen LogP contribution >= 0.6 is 0 Å². The van der Waals surface area contributed by atoms with Gasteiger partial charge in [0.25, 0.3) is 5.91 Å². The highest BCUT2D eigenvalue weighted by Crippen LogP contribution is 2.51. The Bertz CT molecular complexity index is 742. The number of alkyl halides is 11. The Morgan fingerprint density at radius 2 is 1.32 bits per heavy atom. The zero-order chi connectivity index (χ0) is 22.3. The molecule has 0 saturated carbocycles. The molecule has 0 bridgehead atoms. The Kier molecular flexibility index (Phi) is 6.02. The Morgan fingerprint density at radius 1 is 0.821 bits per heavy atom. The second-order valence-electron chi connectivity index (χ2n) is 5.54. The van der Waals surface area contributed by atoms with Gasteiger partial charge in [-0.1, -0.05) is 6.07 Å². The molecule has 3 nitrogen and oxygen atoms in total. The predicted octanol–water partition coefficient (Wildman–Crippen LogP) is 5.28. The van der Waals surface area contributed by atoms with Crippen LogP contribution < -0.4 is 5.32 Å². The molecule has 1 aromatic carbocycles. The molecular formula is C14H10F11NO2. The summed E-state index contributed by atoms with van der Waals surface area (Å²) in [5, 5.41) is 1.15. The third kappa shape index (κ3) is 4.31. The third-order valence-electron chi connectivity index (χ3n) is 3.41. The molecule has 1 amide bonds. The van der Waals surface area contributed by atoms with Crippen molar-refractivity contribution in [1.82, 2.24) is 0 Å². The minimum atomic E-state index is -7.23. The van der Waals surface area contributed by atoms with Gasteiger partial charge in [-0.05, 0) is 37.1 Å². The van der Waals surface area contributed by atoms with Crippen LogP contribution in [0.15, 0.2) is 18.2 Å². The number of hydrogen-bond acceptors (Lipinski definition) is 2. The summed E-state index contributed by atoms with van der Waals surface area (Å²) in [5.74, 6) is -16.5. The van der Waals surface area contributed by atoms with Crippen LogP contribution in [0.1, 0.15) is 11.1 Å². The number of benzene rings is 1. The van der Waals surface area contributed by atoms with E-state index in [-0.39, 0.29) is 0 Å². The molecule has 0 aliphatic carbocycles. The maximum atomic E-state index is 14.0. The predicted molar refractivity (Wildman–Crippen MR) is 71.5 cm³/mol. The molecule has 0 fully saturated rings. The van der Waals surface area contributed by atoms with E-state index >= 15 is 0 Å². The first kappa shape index (κ1) is 23.9. The molecule has 160 valence electrons. The van der Waals surface area contributed by atoms with E-state index in [1.165, 1.54) is 19.9 Å². The summed E-state index contributed by atoms with van der Waals surface area (Å²) in [6.07, 6.45) is -20.9. The summed E-state index contributed by atoms with van der Waals surface area (Å²) in [5.41, 5.74) is 0.297. The van der Waals surface area contributed by atoms with Crippen molar-refractivity contribution < 1.29 is 57.8 Å². The fourth-order valence-corrected chi connectivity index (χ4v) is 1.67. The van der Waals surface area contributed by atoms with Crippen LogP contribution in [0.2, 0.25) is 0 Å². The number of ether oxygens (including phenoxy) is 1. The van der Waals surface area contributed by atoms with Crippen LogP contribution in [-0.2, 0) is 9.53 Å². The lowest BCUT2D eigenvalue weighted by molar-refractivity contribution is -0.472. The molecule has 1 aromatic rings. The molecule has 0 heterocycles. The van der Waals surface area contributed by atoms with Gasteiger partial charge >= 0.3 is 30.2 Å². The van der Waals surface area contributed by atoms with Crippen LogP contribution in [-0.4, -0.2) is 36.1 Å². The van der Waals surface area contributed by atoms with Gasteiger partial charge in [-0.3, -0.25) is 9.53 Å². The van der Waals surface area contributed by atoms with Gasteiger partial charge in [-0.25, -0.2) is 0 Å². The van der Waals surface area contributed by atoms with Gasteiger partial charge in [0.05, 0.1) is 0 Å². The second-order valence-corrected chi connectivity index (χ2v) is 5.54. The van der Waals surface area contributed by atoms with Crippen LogP contribution in [0.25, 0.3) is 0 Å². The smallest absolute Gasteiger partial charge is 0.321 e. The minimum absolute atomic E-state index is 0.337. The highest BCUT2D eigenvalue weighted by Gasteiger charge is 2.79. The van der Waals surface area contributed by atoms with E-state index in [0.717, 1.165) is 17.4 Å². The SMILES string of the molecule is Cc1ccc(NC(=O)C(F)(OC(F)(F)C(F)(F)C(F)(F)F)C(F)(F)F)cc1C. The number of rotatable bonds is 5. The summed E-state index contributed by atoms with van der Waals surface area (Å²) in [7, 11) is 0. The van der Waals surface area contributed by atoms with E-state index in [2.05, 4.69) is 4.74 Å². The molecule has 0 aliphatic rings. The lowest BCUT2D eigenvalue weighted by atomic mass is 10.1. The molecule has 0 spiro atoms. The van der Waals surface area contributed by atoms with Crippen LogP contribution in [0, 0.1) is 13.8 Å². The molecule has 0 aliphatic heterocycles. The largest absolute Gasteiger partial charge is 0.462 e. The van der Waals surface area contributed by atoms with Gasteiger partial charge in [-0.2, -0.15) is 48.3 Å². The second kappa shape index (κ2) is 7.04. The summed E-state index contributed by atoms with van der Waals surface area (Å²) < 4.78 is 142. The zero-order valence-corrected chi connectivity index (χ0v) is 13.7. The van der Waals surface area contributed by atoms with Crippen molar-refractivity contribution >= 4 is 11.6 Å². The number of amides is 1. The summed E-state index contributed by atoms with van der Waals surface area (Å²) in [6, 6.07) is 3.08. The van der Waals surface area contributed by atoms with E-state index < -0.39 is 41.8 Å². The van der Waals surface area contributed by atoms with Gasteiger partial charge in [0, 0.05) is 5.69 Å². The zero-order valence-electron chi connectivity index (χ0n) is 13.7. The van der Waals surface area contributed by atoms with E-state index in [9.17, 15) is 53.1 Å². The first-order valence-corrected chi connectivity index (χ1v) is 6.93. The summed E-state index contributed by atoms with van der Waals surface area (Å²) >= 11 is 0. The Labute approximate surface area is 149 Å². The fraction of sp³-hybridized carbons (Fsp3) is 0.500. The average Bonchev–Trinajstić information content (AvgIpc) is 2.48. The van der Waals surface area contributed by atoms with Crippen molar-refractivity contribution in [1.29, 1.82) is 0 Å². The van der Waals surface area contributed by atoms with Crippen molar-refractivity contribution in [3.8, 4) is 0 Å². The monoisotopic (exact) mass is 433 g/mol. The number of carbonyl (C=O) groups is 1. The quantitative estimate of drug-likeness (QED) is 0.643. The van der Waals surface area contributed by atoms with E-state index in [1.807, 2.05) is 0 Å². The van der Waals surface area contributed by atoms with Gasteiger partial charge in [0.2, 0.25) is 0 Å². The van der Waals surface area contributed by atoms with Crippen molar-refractivity contribution in [2.24, 2.45) is 0 Å². The van der Waals surface area contributed by atoms with Crippen molar-refractivity contribution in [3.05, 3.63) is 29.3 Å². The maximum Gasteiger partial charge on any atom is 0.462 e. The van der Waals surface area contributed by atoms with E-state index in [1.54, 1.807) is 0 Å². The Balaban J connectivity index is 3.32. The summed E-state index contributed by atoms with van der Waals surface area (Å²) in [4.78, 5) is 11.5. The molecule has 28 heavy (non-hydrogen) atoms. The van der Waals surface area contributed by atoms with Gasteiger partial charge in [-0.15, -0.1) is 0 Å². The van der Waals surface area contributed by atoms with Crippen molar-refractivity contribution in [2.75, 3.05) is 5.32 Å². The first-order chi connectivity index (χ1) is 12.3. The molecule has 1 N–H and O–H groups in total. The number of hydrogen-bond donors (Lipinski definition) is 1. The minimum Gasteiger partial charge on any atom is -0.321 e. The molecule has 1 rings (SSSR count). The van der Waals surface area contributed by atoms with Crippen LogP contribution in [0.5, 0.6) is 0 Å². The van der Waals surface area contributed by atoms with Crippen molar-refractivity contribution in [3.63, 3.8) is 0 Å². The van der Waals surface area contributed by atoms with Crippen molar-refractivity contribution in [2.45, 2.75) is 44.1 Å². The van der Waals surface area contributed by atoms with Gasteiger partial charge in [0.1, 0.15) is 0 Å². The molecule has 0 saturated heterocycles. The van der Waals surface area contributed by atoms with E-state index in [4.69, 9.17) is 0 Å². The number of nitrogens with one attached hydrogen (secondary N) is 1. The number of anilines is 1. The topological polar surface area (TPSA) is 38.3 Å². The average molecular weight is 433 g/mol. The lowest BCUT2D eigenvalue weighted by Crippen LogP contribution is -2.62. The molecule has 1 unspecified atom stereocenters. The van der Waals surface area contributed by atoms with Crippen LogP contribution in [0.3, 0.4) is 0 Å². The van der Waals surface area contributed by atoms with Gasteiger partial charge in [0.15, 0.2) is 0 Å². The summed E-state index contributed by atoms with van der Waals surface area (Å²) in [6.45, 7) is 2.92. The number of carbonyl (C=O) groups excluding carboxylic acids is 1. The standard InChI is InChI=1S/C14H10F11NO2/c1-6-3-4-8(5-7(6)2)26-9(27)10(15,12(18,19)20)28-14(24,25)11(16,17)13(21,22)23/h3-5H,1-2H3,(H,26,27). The third-order valence-corrected chi connectivity index (χ3v) is 3.41. The molecular weight excluding hydrogens is 423 g/mol. The normalized spacial score (nSPS) is 15.9. The highest BCUT2D eigenvalue weighted by molar-refractivity contribution is 5.97. The molecule has 14 heteroatoms. The maximum absolute atomic E-state index is 14.0. The molecule has 0 aromatic heterocycles. The lowest BCUT2D eigenvalue weighted by Gasteiger charge is -2.34. The van der Waals surface area contributed by atoms with E-state index in [0.29, 0.717) is 11.1 Å². The Hall–Kier alpha value is -2.12.